The molecule has 178 valence electrons. The van der Waals surface area contributed by atoms with E-state index in [0.717, 1.165) is 41.1 Å². The van der Waals surface area contributed by atoms with Gasteiger partial charge in [-0.3, -0.25) is 14.1 Å². The minimum Gasteiger partial charge on any atom is -0.408 e. The van der Waals surface area contributed by atoms with Crippen LogP contribution in [0.4, 0.5) is 9.52 Å². The number of sulfonamides is 1. The number of fused-ring (bicyclic) bond motifs is 1. The lowest BCUT2D eigenvalue weighted by molar-refractivity contribution is 0.489. The predicted octanol–water partition coefficient (Wildman–Crippen LogP) is 3.35. The maximum absolute atomic E-state index is 15.0. The Morgan fingerprint density at radius 1 is 1.14 bits per heavy atom. The second-order valence-corrected chi connectivity index (χ2v) is 10.0. The number of hydrogen-bond acceptors (Lipinski definition) is 8. The van der Waals surface area contributed by atoms with Crippen molar-refractivity contribution >= 4 is 37.8 Å². The number of nitrogens with one attached hydrogen (secondary N) is 2. The van der Waals surface area contributed by atoms with Gasteiger partial charge in [0.05, 0.1) is 11.6 Å². The first kappa shape index (κ1) is 22.7. The van der Waals surface area contributed by atoms with Crippen molar-refractivity contribution in [2.75, 3.05) is 4.72 Å². The molecule has 0 spiro atoms. The molecule has 0 aliphatic heterocycles. The molecule has 1 unspecified atom stereocenters. The molecule has 0 saturated carbocycles. The molecule has 5 rings (SSSR count). The topological polar surface area (TPSA) is 140 Å². The van der Waals surface area contributed by atoms with Gasteiger partial charge >= 0.3 is 5.76 Å². The molecule has 2 aromatic carbocycles. The van der Waals surface area contributed by atoms with Crippen LogP contribution in [0.1, 0.15) is 18.5 Å². The summed E-state index contributed by atoms with van der Waals surface area (Å²) in [6.07, 6.45) is 2.74. The molecule has 0 fully saturated rings. The molecular weight excluding hydrogens is 497 g/mol. The van der Waals surface area contributed by atoms with E-state index in [1.54, 1.807) is 31.3 Å². The molecule has 2 N–H and O–H groups in total. The molecule has 0 amide bonds. The Kier molecular flexibility index (Phi) is 5.57. The number of nitrogens with zero attached hydrogens (tertiary/aromatic N) is 3. The number of benzene rings is 2. The number of anilines is 1. The third-order valence-corrected chi connectivity index (χ3v) is 7.48. The maximum Gasteiger partial charge on any atom is 0.420 e. The summed E-state index contributed by atoms with van der Waals surface area (Å²) in [5, 5.41) is -0.0282. The first-order valence-corrected chi connectivity index (χ1v) is 12.4. The first-order chi connectivity index (χ1) is 16.7. The van der Waals surface area contributed by atoms with Crippen molar-refractivity contribution < 1.29 is 17.2 Å². The summed E-state index contributed by atoms with van der Waals surface area (Å²) in [6.45, 7) is 1.74. The van der Waals surface area contributed by atoms with E-state index in [4.69, 9.17) is 4.42 Å². The Morgan fingerprint density at radius 3 is 2.69 bits per heavy atom. The summed E-state index contributed by atoms with van der Waals surface area (Å²) in [4.78, 5) is 29.7. The molecule has 0 aliphatic carbocycles. The van der Waals surface area contributed by atoms with Gasteiger partial charge in [0.2, 0.25) is 10.7 Å². The van der Waals surface area contributed by atoms with Crippen molar-refractivity contribution in [1.82, 2.24) is 18.9 Å². The molecule has 0 aliphatic rings. The van der Waals surface area contributed by atoms with Crippen molar-refractivity contribution in [2.24, 2.45) is 0 Å². The van der Waals surface area contributed by atoms with E-state index >= 15 is 0 Å². The molecule has 0 bridgehead atoms. The largest absolute Gasteiger partial charge is 0.420 e. The first-order valence-electron chi connectivity index (χ1n) is 10.2. The van der Waals surface area contributed by atoms with Crippen LogP contribution in [0.5, 0.6) is 0 Å². The zero-order valence-corrected chi connectivity index (χ0v) is 19.6. The summed E-state index contributed by atoms with van der Waals surface area (Å²) >= 11 is 0.793. The predicted molar refractivity (Wildman–Crippen MR) is 127 cm³/mol. The smallest absolute Gasteiger partial charge is 0.408 e. The van der Waals surface area contributed by atoms with Crippen LogP contribution in [0.25, 0.3) is 22.2 Å². The number of aromatic amines is 1. The molecule has 13 heteroatoms. The van der Waals surface area contributed by atoms with Crippen molar-refractivity contribution in [3.63, 3.8) is 0 Å². The molecule has 0 saturated heterocycles. The maximum atomic E-state index is 15.0. The second kappa shape index (κ2) is 8.60. The molecule has 5 aromatic rings. The third kappa shape index (κ3) is 4.26. The van der Waals surface area contributed by atoms with Gasteiger partial charge < -0.3 is 9.40 Å². The average molecular weight is 514 g/mol. The Balaban J connectivity index is 1.55. The van der Waals surface area contributed by atoms with Gasteiger partial charge in [-0.1, -0.05) is 18.2 Å². The van der Waals surface area contributed by atoms with E-state index in [1.165, 1.54) is 10.6 Å². The number of hydrogen-bond donors (Lipinski definition) is 2. The summed E-state index contributed by atoms with van der Waals surface area (Å²) in [5.74, 6) is -1.83. The minimum atomic E-state index is -4.33. The Bertz CT molecular complexity index is 1750. The van der Waals surface area contributed by atoms with Crippen LogP contribution in [-0.2, 0) is 10.0 Å². The van der Waals surface area contributed by atoms with Gasteiger partial charge in [0.1, 0.15) is 17.0 Å². The van der Waals surface area contributed by atoms with Gasteiger partial charge in [-0.15, -0.1) is 0 Å². The minimum absolute atomic E-state index is 0.0282. The van der Waals surface area contributed by atoms with Gasteiger partial charge in [0, 0.05) is 35.9 Å². The number of H-pyrrole nitrogens is 1. The Labute approximate surface area is 200 Å². The zero-order valence-electron chi connectivity index (χ0n) is 17.9. The van der Waals surface area contributed by atoms with E-state index in [-0.39, 0.29) is 21.8 Å². The van der Waals surface area contributed by atoms with Gasteiger partial charge in [-0.05, 0) is 35.7 Å². The van der Waals surface area contributed by atoms with Gasteiger partial charge in [-0.25, -0.2) is 22.6 Å². The summed E-state index contributed by atoms with van der Waals surface area (Å²) in [6, 6.07) is 11.7. The number of halogens is 1. The SMILES string of the molecule is CC(c1cccc(-c2ccc(=O)[nH]c2)c1)n1c(=O)oc2cc(S(=O)(=O)Nc3ncns3)c(F)cc21. The standard InChI is InChI=1S/C22H16FN5O5S2/c1-12(13-3-2-4-14(7-13)15-5-6-20(29)24-10-15)28-17-8-16(23)19(9-18(17)33-22(28)30)35(31,32)27-21-25-11-26-34-21/h2-12H,1H3,(H,24,29)(H,25,26,27). The Morgan fingerprint density at radius 2 is 1.97 bits per heavy atom. The highest BCUT2D eigenvalue weighted by molar-refractivity contribution is 7.93. The summed E-state index contributed by atoms with van der Waals surface area (Å²) < 4.78 is 52.6. The number of oxazole rings is 1. The van der Waals surface area contributed by atoms with E-state index in [2.05, 4.69) is 19.1 Å². The van der Waals surface area contributed by atoms with Crippen molar-refractivity contribution in [3.8, 4) is 11.1 Å². The highest BCUT2D eigenvalue weighted by atomic mass is 32.2. The van der Waals surface area contributed by atoms with Gasteiger partial charge in [0.15, 0.2) is 5.58 Å². The van der Waals surface area contributed by atoms with Crippen LogP contribution in [0, 0.1) is 5.82 Å². The zero-order chi connectivity index (χ0) is 24.7. The fourth-order valence-corrected chi connectivity index (χ4v) is 5.45. The average Bonchev–Trinajstić information content (AvgIpc) is 3.44. The molecule has 3 aromatic heterocycles. The van der Waals surface area contributed by atoms with E-state index in [0.29, 0.717) is 5.56 Å². The molecule has 0 radical (unpaired) electrons. The van der Waals surface area contributed by atoms with Crippen LogP contribution in [-0.4, -0.2) is 27.3 Å². The number of aromatic nitrogens is 4. The van der Waals surface area contributed by atoms with Gasteiger partial charge in [0.25, 0.3) is 10.0 Å². The Hall–Kier alpha value is -4.10. The van der Waals surface area contributed by atoms with E-state index in [9.17, 15) is 22.4 Å². The highest BCUT2D eigenvalue weighted by Gasteiger charge is 2.25. The lowest BCUT2D eigenvalue weighted by Crippen LogP contribution is -2.19. The molecule has 1 atom stereocenters. The fraction of sp³-hybridized carbons (Fsp3) is 0.0909. The van der Waals surface area contributed by atoms with Crippen molar-refractivity contribution in [2.45, 2.75) is 17.9 Å². The van der Waals surface area contributed by atoms with Crippen LogP contribution < -0.4 is 16.0 Å². The van der Waals surface area contributed by atoms with Crippen molar-refractivity contribution in [1.29, 1.82) is 0 Å². The molecule has 3 heterocycles. The third-order valence-electron chi connectivity index (χ3n) is 5.41. The molecule has 10 nitrogen and oxygen atoms in total. The van der Waals surface area contributed by atoms with E-state index in [1.807, 2.05) is 12.1 Å². The summed E-state index contributed by atoms with van der Waals surface area (Å²) in [7, 11) is -4.33. The highest BCUT2D eigenvalue weighted by Crippen LogP contribution is 2.29. The van der Waals surface area contributed by atoms with Crippen LogP contribution in [0.15, 0.2) is 80.0 Å². The number of pyridine rings is 1. The van der Waals surface area contributed by atoms with Crippen molar-refractivity contribution in [3.05, 3.63) is 93.3 Å². The lowest BCUT2D eigenvalue weighted by atomic mass is 10.0. The molecular formula is C22H16FN5O5S2. The monoisotopic (exact) mass is 513 g/mol. The summed E-state index contributed by atoms with van der Waals surface area (Å²) in [5.41, 5.74) is 2.08. The van der Waals surface area contributed by atoms with Crippen LogP contribution >= 0.6 is 11.5 Å². The lowest BCUT2D eigenvalue weighted by Gasteiger charge is -2.15. The fourth-order valence-electron chi connectivity index (χ4n) is 3.71. The van der Waals surface area contributed by atoms with Gasteiger partial charge in [-0.2, -0.15) is 4.37 Å². The number of rotatable bonds is 6. The normalized spacial score (nSPS) is 12.6. The quantitative estimate of drug-likeness (QED) is 0.355. The second-order valence-electron chi connectivity index (χ2n) is 7.58. The van der Waals surface area contributed by atoms with Crippen LogP contribution in [0.2, 0.25) is 0 Å². The molecule has 35 heavy (non-hydrogen) atoms. The van der Waals surface area contributed by atoms with Crippen LogP contribution in [0.3, 0.4) is 0 Å². The van der Waals surface area contributed by atoms with E-state index < -0.39 is 32.5 Å².